The van der Waals surface area contributed by atoms with E-state index in [9.17, 15) is 4.79 Å². The normalized spacial score (nSPS) is 10.6. The van der Waals surface area contributed by atoms with Crippen LogP contribution in [0.25, 0.3) is 16.9 Å². The predicted octanol–water partition coefficient (Wildman–Crippen LogP) is 4.39. The van der Waals surface area contributed by atoms with Crippen molar-refractivity contribution >= 4 is 5.91 Å². The van der Waals surface area contributed by atoms with E-state index in [2.05, 4.69) is 12.2 Å². The molecule has 0 aliphatic carbocycles. The molecule has 1 N–H and O–H groups in total. The SMILES string of the molecule is CCCCNC(=O)c1cc(-c2ccc(OC)cc2OC)nn1-c1ccc(C)cc1. The summed E-state index contributed by atoms with van der Waals surface area (Å²) in [5.74, 6) is 1.18. The second kappa shape index (κ2) is 9.28. The molecule has 3 rings (SSSR count). The van der Waals surface area contributed by atoms with Gasteiger partial charge >= 0.3 is 0 Å². The zero-order valence-corrected chi connectivity index (χ0v) is 17.4. The molecule has 0 saturated heterocycles. The Kier molecular flexibility index (Phi) is 6.54. The van der Waals surface area contributed by atoms with Crippen LogP contribution >= 0.6 is 0 Å². The lowest BCUT2D eigenvalue weighted by Crippen LogP contribution is -2.26. The highest BCUT2D eigenvalue weighted by Gasteiger charge is 2.19. The van der Waals surface area contributed by atoms with E-state index in [4.69, 9.17) is 14.6 Å². The lowest BCUT2D eigenvalue weighted by Gasteiger charge is -2.09. The van der Waals surface area contributed by atoms with Gasteiger partial charge in [-0.05, 0) is 43.7 Å². The first-order chi connectivity index (χ1) is 14.1. The minimum Gasteiger partial charge on any atom is -0.497 e. The molecule has 29 heavy (non-hydrogen) atoms. The largest absolute Gasteiger partial charge is 0.497 e. The van der Waals surface area contributed by atoms with Crippen LogP contribution in [0.3, 0.4) is 0 Å². The summed E-state index contributed by atoms with van der Waals surface area (Å²) in [6, 6.07) is 15.3. The quantitative estimate of drug-likeness (QED) is 0.576. The van der Waals surface area contributed by atoms with E-state index < -0.39 is 0 Å². The topological polar surface area (TPSA) is 65.4 Å². The van der Waals surface area contributed by atoms with Crippen molar-refractivity contribution in [2.24, 2.45) is 0 Å². The lowest BCUT2D eigenvalue weighted by atomic mass is 10.1. The lowest BCUT2D eigenvalue weighted by molar-refractivity contribution is 0.0945. The average Bonchev–Trinajstić information content (AvgIpc) is 3.19. The molecule has 0 atom stereocenters. The highest BCUT2D eigenvalue weighted by molar-refractivity contribution is 5.94. The first kappa shape index (κ1) is 20.5. The van der Waals surface area contributed by atoms with Gasteiger partial charge in [0, 0.05) is 18.2 Å². The number of unbranched alkanes of at least 4 members (excludes halogenated alkanes) is 1. The van der Waals surface area contributed by atoms with E-state index in [0.717, 1.165) is 29.7 Å². The van der Waals surface area contributed by atoms with Gasteiger partial charge in [-0.2, -0.15) is 5.10 Å². The molecular weight excluding hydrogens is 366 g/mol. The Bertz CT molecular complexity index is 978. The molecule has 0 spiro atoms. The van der Waals surface area contributed by atoms with Crippen molar-refractivity contribution < 1.29 is 14.3 Å². The summed E-state index contributed by atoms with van der Waals surface area (Å²) in [5.41, 5.74) is 3.91. The number of rotatable bonds is 8. The molecule has 6 heteroatoms. The van der Waals surface area contributed by atoms with E-state index in [1.807, 2.05) is 43.3 Å². The third kappa shape index (κ3) is 4.59. The van der Waals surface area contributed by atoms with Crippen LogP contribution in [-0.4, -0.2) is 36.5 Å². The Morgan fingerprint density at radius 1 is 1.07 bits per heavy atom. The van der Waals surface area contributed by atoms with Gasteiger partial charge in [0.15, 0.2) is 0 Å². The van der Waals surface area contributed by atoms with Crippen LogP contribution in [0.15, 0.2) is 48.5 Å². The smallest absolute Gasteiger partial charge is 0.270 e. The minimum atomic E-state index is -0.148. The summed E-state index contributed by atoms with van der Waals surface area (Å²) in [4.78, 5) is 12.9. The maximum atomic E-state index is 12.9. The van der Waals surface area contributed by atoms with E-state index in [1.54, 1.807) is 31.0 Å². The fourth-order valence-corrected chi connectivity index (χ4v) is 3.04. The van der Waals surface area contributed by atoms with E-state index in [1.165, 1.54) is 0 Å². The number of amides is 1. The van der Waals surface area contributed by atoms with Gasteiger partial charge in [-0.1, -0.05) is 31.0 Å². The van der Waals surface area contributed by atoms with Crippen molar-refractivity contribution in [1.29, 1.82) is 0 Å². The molecule has 2 aromatic carbocycles. The number of carbonyl (C=O) groups is 1. The van der Waals surface area contributed by atoms with E-state index >= 15 is 0 Å². The zero-order chi connectivity index (χ0) is 20.8. The zero-order valence-electron chi connectivity index (χ0n) is 17.4. The molecule has 0 aliphatic rings. The number of hydrogen-bond acceptors (Lipinski definition) is 4. The number of carbonyl (C=O) groups excluding carboxylic acids is 1. The molecule has 1 aromatic heterocycles. The summed E-state index contributed by atoms with van der Waals surface area (Å²) in [6.45, 7) is 4.76. The maximum Gasteiger partial charge on any atom is 0.270 e. The third-order valence-electron chi connectivity index (χ3n) is 4.72. The first-order valence-corrected chi connectivity index (χ1v) is 9.75. The molecule has 6 nitrogen and oxygen atoms in total. The molecule has 3 aromatic rings. The monoisotopic (exact) mass is 393 g/mol. The maximum absolute atomic E-state index is 12.9. The number of aromatic nitrogens is 2. The van der Waals surface area contributed by atoms with Crippen molar-refractivity contribution in [3.63, 3.8) is 0 Å². The van der Waals surface area contributed by atoms with Crippen molar-refractivity contribution in [2.75, 3.05) is 20.8 Å². The Balaban J connectivity index is 2.07. The van der Waals surface area contributed by atoms with Crippen LogP contribution in [0.2, 0.25) is 0 Å². The molecule has 0 fully saturated rings. The third-order valence-corrected chi connectivity index (χ3v) is 4.72. The van der Waals surface area contributed by atoms with Crippen LogP contribution in [0, 0.1) is 6.92 Å². The Labute approximate surface area is 171 Å². The fraction of sp³-hybridized carbons (Fsp3) is 0.304. The molecule has 152 valence electrons. The number of aryl methyl sites for hydroxylation is 1. The van der Waals surface area contributed by atoms with Crippen molar-refractivity contribution in [3.05, 3.63) is 59.8 Å². The summed E-state index contributed by atoms with van der Waals surface area (Å²) >= 11 is 0. The first-order valence-electron chi connectivity index (χ1n) is 9.75. The van der Waals surface area contributed by atoms with Gasteiger partial charge in [0.2, 0.25) is 0 Å². The van der Waals surface area contributed by atoms with Gasteiger partial charge in [0.1, 0.15) is 17.2 Å². The van der Waals surface area contributed by atoms with Crippen LogP contribution in [0.1, 0.15) is 35.8 Å². The fourth-order valence-electron chi connectivity index (χ4n) is 3.04. The summed E-state index contributed by atoms with van der Waals surface area (Å²) in [6.07, 6.45) is 1.95. The number of ether oxygens (including phenoxy) is 2. The number of hydrogen-bond donors (Lipinski definition) is 1. The Morgan fingerprint density at radius 2 is 1.83 bits per heavy atom. The van der Waals surface area contributed by atoms with E-state index in [-0.39, 0.29) is 5.91 Å². The van der Waals surface area contributed by atoms with Gasteiger partial charge in [0.25, 0.3) is 5.91 Å². The van der Waals surface area contributed by atoms with Gasteiger partial charge in [-0.3, -0.25) is 4.79 Å². The minimum absolute atomic E-state index is 0.148. The van der Waals surface area contributed by atoms with Crippen LogP contribution < -0.4 is 14.8 Å². The summed E-state index contributed by atoms with van der Waals surface area (Å²) in [5, 5.41) is 7.71. The predicted molar refractivity (Wildman–Crippen MR) is 114 cm³/mol. The van der Waals surface area contributed by atoms with E-state index in [0.29, 0.717) is 29.4 Å². The number of methoxy groups -OCH3 is 2. The standard InChI is InChI=1S/C23H27N3O3/c1-5-6-13-24-23(27)21-15-20(19-12-11-18(28-3)14-22(19)29-4)25-26(21)17-9-7-16(2)8-10-17/h7-12,14-15H,5-6,13H2,1-4H3,(H,24,27). The molecular formula is C23H27N3O3. The summed E-state index contributed by atoms with van der Waals surface area (Å²) in [7, 11) is 3.22. The van der Waals surface area contributed by atoms with Crippen molar-refractivity contribution in [3.8, 4) is 28.4 Å². The molecule has 0 bridgehead atoms. The van der Waals surface area contributed by atoms with Crippen molar-refractivity contribution in [1.82, 2.24) is 15.1 Å². The van der Waals surface area contributed by atoms with Gasteiger partial charge in [-0.25, -0.2) is 4.68 Å². The Morgan fingerprint density at radius 3 is 2.48 bits per heavy atom. The highest BCUT2D eigenvalue weighted by Crippen LogP contribution is 2.33. The van der Waals surface area contributed by atoms with Crippen LogP contribution in [-0.2, 0) is 0 Å². The molecule has 1 heterocycles. The molecule has 0 saturated carbocycles. The Hall–Kier alpha value is -3.28. The molecule has 0 radical (unpaired) electrons. The molecule has 0 aliphatic heterocycles. The molecule has 1 amide bonds. The van der Waals surface area contributed by atoms with Crippen LogP contribution in [0.4, 0.5) is 0 Å². The molecule has 0 unspecified atom stereocenters. The second-order valence-electron chi connectivity index (χ2n) is 6.84. The average molecular weight is 393 g/mol. The summed E-state index contributed by atoms with van der Waals surface area (Å²) < 4.78 is 12.5. The number of nitrogens with zero attached hydrogens (tertiary/aromatic N) is 2. The highest BCUT2D eigenvalue weighted by atomic mass is 16.5. The number of benzene rings is 2. The number of nitrogens with one attached hydrogen (secondary N) is 1. The van der Waals surface area contributed by atoms with Gasteiger partial charge < -0.3 is 14.8 Å². The van der Waals surface area contributed by atoms with Crippen LogP contribution in [0.5, 0.6) is 11.5 Å². The van der Waals surface area contributed by atoms with Crippen molar-refractivity contribution in [2.45, 2.75) is 26.7 Å². The second-order valence-corrected chi connectivity index (χ2v) is 6.84. The van der Waals surface area contributed by atoms with Gasteiger partial charge in [-0.15, -0.1) is 0 Å². The van der Waals surface area contributed by atoms with Gasteiger partial charge in [0.05, 0.1) is 25.6 Å².